The van der Waals surface area contributed by atoms with Crippen molar-refractivity contribution >= 4 is 0 Å². The number of piperidine rings is 1. The molecule has 1 fully saturated rings. The summed E-state index contributed by atoms with van der Waals surface area (Å²) in [7, 11) is 0. The smallest absolute Gasteiger partial charge is 0.191 e. The minimum Gasteiger partial charge on any atom is -0.484 e. The maximum Gasteiger partial charge on any atom is 0.191 e. The summed E-state index contributed by atoms with van der Waals surface area (Å²) in [4.78, 5) is 0. The minimum absolute atomic E-state index is 0.0855. The van der Waals surface area contributed by atoms with Crippen molar-refractivity contribution in [3.05, 3.63) is 29.8 Å². The van der Waals surface area contributed by atoms with Crippen molar-refractivity contribution in [1.29, 1.82) is 0 Å². The van der Waals surface area contributed by atoms with Crippen molar-refractivity contribution in [2.45, 2.75) is 18.9 Å². The van der Waals surface area contributed by atoms with Gasteiger partial charge in [0.05, 0.1) is 0 Å². The molecule has 0 unspecified atom stereocenters. The molecule has 1 aliphatic heterocycles. The molecule has 0 atom stereocenters. The van der Waals surface area contributed by atoms with Crippen LogP contribution in [0.1, 0.15) is 12.8 Å². The normalized spacial score (nSPS) is 17.7. The van der Waals surface area contributed by atoms with Crippen molar-refractivity contribution < 1.29 is 13.5 Å². The molecule has 0 amide bonds. The van der Waals surface area contributed by atoms with E-state index in [2.05, 4.69) is 5.32 Å². The van der Waals surface area contributed by atoms with Gasteiger partial charge in [-0.3, -0.25) is 0 Å². The molecule has 2 nitrogen and oxygen atoms in total. The molecule has 1 aromatic carbocycles. The van der Waals surface area contributed by atoms with Crippen LogP contribution in [0.5, 0.6) is 5.75 Å². The number of benzene rings is 1. The number of nitrogens with one attached hydrogen (secondary N) is 1. The second-order valence-corrected chi connectivity index (χ2v) is 3.62. The van der Waals surface area contributed by atoms with E-state index >= 15 is 0 Å². The zero-order chi connectivity index (χ0) is 10.7. The minimum atomic E-state index is -0.631. The van der Waals surface area contributed by atoms with Crippen LogP contribution in [0.2, 0.25) is 0 Å². The lowest BCUT2D eigenvalue weighted by Crippen LogP contribution is -2.34. The highest BCUT2D eigenvalue weighted by Gasteiger charge is 2.18. The number of rotatable bonds is 2. The van der Waals surface area contributed by atoms with E-state index in [4.69, 9.17) is 4.74 Å². The van der Waals surface area contributed by atoms with Crippen LogP contribution in [0.15, 0.2) is 18.2 Å². The van der Waals surface area contributed by atoms with Crippen molar-refractivity contribution in [1.82, 2.24) is 5.32 Å². The van der Waals surface area contributed by atoms with Crippen molar-refractivity contribution in [2.75, 3.05) is 13.1 Å². The summed E-state index contributed by atoms with van der Waals surface area (Å²) in [6.07, 6.45) is 1.49. The van der Waals surface area contributed by atoms with E-state index in [1.807, 2.05) is 0 Å². The molecule has 0 radical (unpaired) electrons. The summed E-state index contributed by atoms with van der Waals surface area (Å²) in [5.74, 6) is -1.51. The third-order valence-electron chi connectivity index (χ3n) is 2.49. The van der Waals surface area contributed by atoms with Crippen LogP contribution in [-0.2, 0) is 0 Å². The molecule has 82 valence electrons. The number of hydrogen-bond acceptors (Lipinski definition) is 2. The van der Waals surface area contributed by atoms with Gasteiger partial charge >= 0.3 is 0 Å². The van der Waals surface area contributed by atoms with E-state index in [1.165, 1.54) is 18.2 Å². The van der Waals surface area contributed by atoms with Gasteiger partial charge in [0.1, 0.15) is 6.10 Å². The quantitative estimate of drug-likeness (QED) is 0.812. The molecule has 1 N–H and O–H groups in total. The molecule has 0 saturated carbocycles. The SMILES string of the molecule is Fc1cccc(F)c1OC1CCNCC1. The number of halogens is 2. The molecule has 4 heteroatoms. The Kier molecular flexibility index (Phi) is 3.16. The Labute approximate surface area is 87.2 Å². The average molecular weight is 213 g/mol. The van der Waals surface area contributed by atoms with Gasteiger partial charge in [0.2, 0.25) is 0 Å². The Morgan fingerprint density at radius 2 is 1.73 bits per heavy atom. The Bertz CT molecular complexity index is 317. The predicted molar refractivity (Wildman–Crippen MR) is 52.9 cm³/mol. The van der Waals surface area contributed by atoms with Gasteiger partial charge in [-0.05, 0) is 38.1 Å². The van der Waals surface area contributed by atoms with E-state index < -0.39 is 11.6 Å². The highest BCUT2D eigenvalue weighted by atomic mass is 19.1. The van der Waals surface area contributed by atoms with E-state index in [1.54, 1.807) is 0 Å². The summed E-state index contributed by atoms with van der Waals surface area (Å²) >= 11 is 0. The van der Waals surface area contributed by atoms with Gasteiger partial charge < -0.3 is 10.1 Å². The fraction of sp³-hybridized carbons (Fsp3) is 0.455. The van der Waals surface area contributed by atoms with Crippen LogP contribution in [0.4, 0.5) is 8.78 Å². The Morgan fingerprint density at radius 1 is 1.13 bits per heavy atom. The van der Waals surface area contributed by atoms with Gasteiger partial charge in [0.25, 0.3) is 0 Å². The Balaban J connectivity index is 2.09. The van der Waals surface area contributed by atoms with E-state index in [0.717, 1.165) is 25.9 Å². The number of ether oxygens (including phenoxy) is 1. The second kappa shape index (κ2) is 4.57. The van der Waals surface area contributed by atoms with Gasteiger partial charge in [0, 0.05) is 0 Å². The topological polar surface area (TPSA) is 21.3 Å². The highest BCUT2D eigenvalue weighted by Crippen LogP contribution is 2.23. The largest absolute Gasteiger partial charge is 0.484 e. The summed E-state index contributed by atoms with van der Waals surface area (Å²) in [5.41, 5.74) is 0. The first-order valence-electron chi connectivity index (χ1n) is 5.09. The lowest BCUT2D eigenvalue weighted by molar-refractivity contribution is 0.149. The van der Waals surface area contributed by atoms with Crippen LogP contribution in [0.25, 0.3) is 0 Å². The Hall–Kier alpha value is -1.16. The van der Waals surface area contributed by atoms with Crippen LogP contribution in [0, 0.1) is 11.6 Å². The monoisotopic (exact) mass is 213 g/mol. The first kappa shape index (κ1) is 10.4. The number of para-hydroxylation sites is 1. The molecule has 2 rings (SSSR count). The van der Waals surface area contributed by atoms with E-state index in [-0.39, 0.29) is 11.9 Å². The number of hydrogen-bond donors (Lipinski definition) is 1. The zero-order valence-electron chi connectivity index (χ0n) is 8.30. The molecular weight excluding hydrogens is 200 g/mol. The molecular formula is C11H13F2NO. The van der Waals surface area contributed by atoms with Gasteiger partial charge in [-0.2, -0.15) is 0 Å². The van der Waals surface area contributed by atoms with Crippen molar-refractivity contribution in [3.63, 3.8) is 0 Å². The molecule has 0 bridgehead atoms. The molecule has 1 aliphatic rings. The van der Waals surface area contributed by atoms with Gasteiger partial charge in [-0.25, -0.2) is 8.78 Å². The van der Waals surface area contributed by atoms with Crippen LogP contribution in [0.3, 0.4) is 0 Å². The standard InChI is InChI=1S/C11H13F2NO/c12-9-2-1-3-10(13)11(9)15-8-4-6-14-7-5-8/h1-3,8,14H,4-7H2. The Morgan fingerprint density at radius 3 is 2.33 bits per heavy atom. The third-order valence-corrected chi connectivity index (χ3v) is 2.49. The maximum absolute atomic E-state index is 13.2. The second-order valence-electron chi connectivity index (χ2n) is 3.62. The summed E-state index contributed by atoms with van der Waals surface area (Å²) in [6.45, 7) is 1.67. The van der Waals surface area contributed by atoms with Gasteiger partial charge in [-0.15, -0.1) is 0 Å². The maximum atomic E-state index is 13.2. The van der Waals surface area contributed by atoms with Crippen LogP contribution < -0.4 is 10.1 Å². The molecule has 1 aromatic rings. The van der Waals surface area contributed by atoms with Crippen LogP contribution >= 0.6 is 0 Å². The zero-order valence-corrected chi connectivity index (χ0v) is 8.30. The summed E-state index contributed by atoms with van der Waals surface area (Å²) in [5, 5.41) is 3.16. The molecule has 0 spiro atoms. The third kappa shape index (κ3) is 2.45. The lowest BCUT2D eigenvalue weighted by atomic mass is 10.1. The summed E-state index contributed by atoms with van der Waals surface area (Å²) in [6, 6.07) is 3.75. The summed E-state index contributed by atoms with van der Waals surface area (Å²) < 4.78 is 31.8. The molecule has 0 aliphatic carbocycles. The van der Waals surface area contributed by atoms with Crippen LogP contribution in [-0.4, -0.2) is 19.2 Å². The van der Waals surface area contributed by atoms with Gasteiger partial charge in [0.15, 0.2) is 17.4 Å². The van der Waals surface area contributed by atoms with E-state index in [9.17, 15) is 8.78 Å². The molecule has 1 heterocycles. The van der Waals surface area contributed by atoms with Crippen molar-refractivity contribution in [2.24, 2.45) is 0 Å². The fourth-order valence-corrected chi connectivity index (χ4v) is 1.68. The predicted octanol–water partition coefficient (Wildman–Crippen LogP) is 2.10. The average Bonchev–Trinajstić information content (AvgIpc) is 2.25. The first-order chi connectivity index (χ1) is 7.27. The molecule has 1 saturated heterocycles. The first-order valence-corrected chi connectivity index (χ1v) is 5.09. The molecule has 15 heavy (non-hydrogen) atoms. The van der Waals surface area contributed by atoms with E-state index in [0.29, 0.717) is 0 Å². The van der Waals surface area contributed by atoms with Crippen molar-refractivity contribution in [3.8, 4) is 5.75 Å². The highest BCUT2D eigenvalue weighted by molar-refractivity contribution is 5.26. The molecule has 0 aromatic heterocycles. The van der Waals surface area contributed by atoms with Gasteiger partial charge in [-0.1, -0.05) is 6.07 Å². The fourth-order valence-electron chi connectivity index (χ4n) is 1.68. The lowest BCUT2D eigenvalue weighted by Gasteiger charge is -2.24.